The van der Waals surface area contributed by atoms with E-state index < -0.39 is 0 Å². The first-order valence-electron chi connectivity index (χ1n) is 22.5. The Balaban J connectivity index is 4.00. The van der Waals surface area contributed by atoms with E-state index in [2.05, 4.69) is 32.9 Å². The van der Waals surface area contributed by atoms with Crippen LogP contribution in [0.3, 0.4) is 0 Å². The second kappa shape index (κ2) is 41.3. The maximum absolute atomic E-state index is 13.0. The highest BCUT2D eigenvalue weighted by Gasteiger charge is 2.22. The molecule has 0 bridgehead atoms. The lowest BCUT2D eigenvalue weighted by molar-refractivity contribution is -0.163. The topological polar surface area (TPSA) is 43.4 Å². The van der Waals surface area contributed by atoms with Gasteiger partial charge in [-0.1, -0.05) is 226 Å². The number of carbonyl (C=O) groups is 2. The van der Waals surface area contributed by atoms with E-state index in [1.807, 2.05) is 0 Å². The Morgan fingerprint density at radius 3 is 1.02 bits per heavy atom. The molecule has 0 aromatic heterocycles. The van der Waals surface area contributed by atoms with Gasteiger partial charge < -0.3 is 4.74 Å². The van der Waals surface area contributed by atoms with Gasteiger partial charge >= 0.3 is 11.9 Å². The summed E-state index contributed by atoms with van der Waals surface area (Å²) in [6.45, 7) is 6.82. The molecule has 0 rings (SSSR count). The highest BCUT2D eigenvalue weighted by atomic mass is 16.6. The molecule has 0 spiro atoms. The molecule has 1 atom stereocenters. The molecule has 0 aliphatic rings. The van der Waals surface area contributed by atoms with Gasteiger partial charge in [-0.15, -0.1) is 0 Å². The first-order chi connectivity index (χ1) is 24.2. The molecular formula is C46H88O3. The van der Waals surface area contributed by atoms with Crippen molar-refractivity contribution in [3.05, 3.63) is 12.2 Å². The quantitative estimate of drug-likeness (QED) is 0.0278. The van der Waals surface area contributed by atoms with Gasteiger partial charge in [0.1, 0.15) is 0 Å². The minimum absolute atomic E-state index is 0.0980. The van der Waals surface area contributed by atoms with Crippen molar-refractivity contribution in [1.29, 1.82) is 0 Å². The lowest BCUT2D eigenvalue weighted by atomic mass is 9.94. The second-order valence-electron chi connectivity index (χ2n) is 15.5. The summed E-state index contributed by atoms with van der Waals surface area (Å²) in [6, 6.07) is 0. The lowest BCUT2D eigenvalue weighted by Crippen LogP contribution is -2.21. The van der Waals surface area contributed by atoms with Gasteiger partial charge in [-0.2, -0.15) is 0 Å². The van der Waals surface area contributed by atoms with Crippen LogP contribution in [-0.2, 0) is 14.3 Å². The Hall–Kier alpha value is -1.12. The van der Waals surface area contributed by atoms with Gasteiger partial charge in [-0.3, -0.25) is 9.59 Å². The molecule has 0 radical (unpaired) electrons. The fourth-order valence-corrected chi connectivity index (χ4v) is 7.08. The third-order valence-electron chi connectivity index (χ3n) is 10.5. The predicted octanol–water partition coefficient (Wildman–Crippen LogP) is 16.1. The van der Waals surface area contributed by atoms with E-state index in [1.165, 1.54) is 199 Å². The van der Waals surface area contributed by atoms with Crippen LogP contribution in [-0.4, -0.2) is 11.9 Å². The number of unbranched alkanes of at least 4 members (excludes halogenated alkanes) is 31. The minimum atomic E-state index is -0.296. The zero-order valence-electron chi connectivity index (χ0n) is 33.8. The first kappa shape index (κ1) is 47.9. The van der Waals surface area contributed by atoms with Crippen LogP contribution in [0.2, 0.25) is 0 Å². The van der Waals surface area contributed by atoms with E-state index in [1.54, 1.807) is 0 Å². The number of rotatable bonds is 40. The largest absolute Gasteiger partial charge is 0.393 e. The van der Waals surface area contributed by atoms with Crippen LogP contribution in [0.25, 0.3) is 0 Å². The molecule has 0 aliphatic carbocycles. The van der Waals surface area contributed by atoms with Crippen LogP contribution in [0.5, 0.6) is 0 Å². The third kappa shape index (κ3) is 38.0. The molecule has 0 aromatic rings. The van der Waals surface area contributed by atoms with Crippen molar-refractivity contribution in [2.75, 3.05) is 0 Å². The van der Waals surface area contributed by atoms with Crippen molar-refractivity contribution >= 4 is 11.9 Å². The summed E-state index contributed by atoms with van der Waals surface area (Å²) in [6.07, 6.45) is 52.0. The molecule has 290 valence electrons. The molecule has 0 N–H and O–H groups in total. The monoisotopic (exact) mass is 689 g/mol. The van der Waals surface area contributed by atoms with Crippen molar-refractivity contribution in [1.82, 2.24) is 0 Å². The van der Waals surface area contributed by atoms with Crippen LogP contribution in [0, 0.1) is 5.92 Å². The van der Waals surface area contributed by atoms with Gasteiger partial charge in [0, 0.05) is 6.42 Å². The van der Waals surface area contributed by atoms with Crippen molar-refractivity contribution < 1.29 is 14.3 Å². The van der Waals surface area contributed by atoms with Crippen LogP contribution < -0.4 is 0 Å². The van der Waals surface area contributed by atoms with E-state index in [0.29, 0.717) is 6.42 Å². The van der Waals surface area contributed by atoms with Gasteiger partial charge in [0.15, 0.2) is 0 Å². The number of allylic oxidation sites excluding steroid dienone is 2. The number of hydrogen-bond donors (Lipinski definition) is 0. The fourth-order valence-electron chi connectivity index (χ4n) is 7.08. The molecule has 0 saturated heterocycles. The molecule has 0 fully saturated rings. The average molecular weight is 689 g/mol. The number of carbonyl (C=O) groups excluding carboxylic acids is 2. The SMILES string of the molecule is CCCCCCCC/C=C\CCCCCCCCCCCC(=O)OC(=O)C(CCCCCCCCCC)CCCCCCCCCCCC. The van der Waals surface area contributed by atoms with Gasteiger partial charge in [0.2, 0.25) is 0 Å². The minimum Gasteiger partial charge on any atom is -0.393 e. The Labute approximate surface area is 308 Å². The van der Waals surface area contributed by atoms with Crippen LogP contribution in [0.15, 0.2) is 12.2 Å². The number of hydrogen-bond acceptors (Lipinski definition) is 3. The highest BCUT2D eigenvalue weighted by Crippen LogP contribution is 2.22. The Bertz CT molecular complexity index is 698. The Morgan fingerprint density at radius 2 is 0.673 bits per heavy atom. The zero-order chi connectivity index (χ0) is 35.7. The molecule has 3 heteroatoms. The van der Waals surface area contributed by atoms with Gasteiger partial charge in [0.05, 0.1) is 5.92 Å². The maximum Gasteiger partial charge on any atom is 0.316 e. The summed E-state index contributed by atoms with van der Waals surface area (Å²) in [5.41, 5.74) is 0. The molecule has 0 aromatic carbocycles. The van der Waals surface area contributed by atoms with Crippen LogP contribution in [0.1, 0.15) is 265 Å². The smallest absolute Gasteiger partial charge is 0.316 e. The molecular weight excluding hydrogens is 601 g/mol. The second-order valence-corrected chi connectivity index (χ2v) is 15.5. The maximum atomic E-state index is 13.0. The van der Waals surface area contributed by atoms with E-state index in [0.717, 1.165) is 38.5 Å². The van der Waals surface area contributed by atoms with E-state index in [4.69, 9.17) is 4.74 Å². The van der Waals surface area contributed by atoms with Crippen molar-refractivity contribution in [2.24, 2.45) is 5.92 Å². The molecule has 0 amide bonds. The molecule has 0 aliphatic heterocycles. The van der Waals surface area contributed by atoms with Gasteiger partial charge in [-0.25, -0.2) is 0 Å². The number of esters is 2. The van der Waals surface area contributed by atoms with E-state index in [9.17, 15) is 9.59 Å². The molecule has 1 unspecified atom stereocenters. The Morgan fingerprint density at radius 1 is 0.388 bits per heavy atom. The third-order valence-corrected chi connectivity index (χ3v) is 10.5. The molecule has 3 nitrogen and oxygen atoms in total. The van der Waals surface area contributed by atoms with Gasteiger partial charge in [0.25, 0.3) is 0 Å². The molecule has 0 saturated carbocycles. The van der Waals surface area contributed by atoms with Crippen molar-refractivity contribution in [2.45, 2.75) is 265 Å². The summed E-state index contributed by atoms with van der Waals surface area (Å²) in [4.78, 5) is 25.6. The van der Waals surface area contributed by atoms with Crippen LogP contribution in [0.4, 0.5) is 0 Å². The summed E-state index contributed by atoms with van der Waals surface area (Å²) in [7, 11) is 0. The standard InChI is InChI=1S/C46H88O3/c1-4-7-10-13-16-19-21-22-23-24-25-26-27-28-29-31-34-37-40-43-45(47)49-46(48)44(41-38-35-32-18-15-12-9-6-3)42-39-36-33-30-20-17-14-11-8-5-2/h22-23,44H,4-21,24-43H2,1-3H3/b23-22-. The summed E-state index contributed by atoms with van der Waals surface area (Å²) in [5.74, 6) is -0.633. The van der Waals surface area contributed by atoms with E-state index >= 15 is 0 Å². The normalized spacial score (nSPS) is 12.2. The lowest BCUT2D eigenvalue weighted by Gasteiger charge is -2.15. The summed E-state index contributed by atoms with van der Waals surface area (Å²) < 4.78 is 5.43. The van der Waals surface area contributed by atoms with Crippen molar-refractivity contribution in [3.8, 4) is 0 Å². The molecule has 49 heavy (non-hydrogen) atoms. The van der Waals surface area contributed by atoms with Gasteiger partial charge in [-0.05, 0) is 44.9 Å². The Kier molecular flexibility index (Phi) is 40.4. The highest BCUT2D eigenvalue weighted by molar-refractivity contribution is 5.86. The van der Waals surface area contributed by atoms with Crippen molar-refractivity contribution in [3.63, 3.8) is 0 Å². The fraction of sp³-hybridized carbons (Fsp3) is 0.913. The number of ether oxygens (including phenoxy) is 1. The first-order valence-corrected chi connectivity index (χ1v) is 22.5. The summed E-state index contributed by atoms with van der Waals surface area (Å²) in [5, 5.41) is 0. The average Bonchev–Trinajstić information content (AvgIpc) is 3.10. The van der Waals surface area contributed by atoms with E-state index in [-0.39, 0.29) is 17.9 Å². The zero-order valence-corrected chi connectivity index (χ0v) is 33.8. The summed E-state index contributed by atoms with van der Waals surface area (Å²) >= 11 is 0. The van der Waals surface area contributed by atoms with Crippen LogP contribution >= 0.6 is 0 Å². The predicted molar refractivity (Wildman–Crippen MR) is 216 cm³/mol. The molecule has 0 heterocycles.